The standard InChI is InChI=1S/C18H26N2O2/c1-2-3-9-17(19-21)18(20-22)16-12-10-15(11-13-16)14-7-5-4-6-8-14/h10-14,21-22H,2-9H2,1H3/b19-17-,20-18-. The third-order valence-electron chi connectivity index (χ3n) is 4.52. The molecule has 0 amide bonds. The molecule has 0 spiro atoms. The molecule has 1 aromatic rings. The van der Waals surface area contributed by atoms with Gasteiger partial charge < -0.3 is 10.4 Å². The Morgan fingerprint density at radius 2 is 1.73 bits per heavy atom. The van der Waals surface area contributed by atoms with Gasteiger partial charge in [-0.1, -0.05) is 67.2 Å². The first-order chi connectivity index (χ1) is 10.8. The van der Waals surface area contributed by atoms with Crippen LogP contribution in [-0.2, 0) is 0 Å². The van der Waals surface area contributed by atoms with Gasteiger partial charge in [-0.05, 0) is 37.2 Å². The van der Waals surface area contributed by atoms with Crippen molar-refractivity contribution in [3.63, 3.8) is 0 Å². The molecular formula is C18H26N2O2. The lowest BCUT2D eigenvalue weighted by molar-refractivity contribution is 0.313. The SMILES string of the molecule is CCCCC(=N/O)/C(=N\O)c1ccc(C2CCCCC2)cc1. The van der Waals surface area contributed by atoms with E-state index in [-0.39, 0.29) is 0 Å². The van der Waals surface area contributed by atoms with Crippen molar-refractivity contribution in [3.8, 4) is 0 Å². The summed E-state index contributed by atoms with van der Waals surface area (Å²) >= 11 is 0. The predicted molar refractivity (Wildman–Crippen MR) is 89.3 cm³/mol. The highest BCUT2D eigenvalue weighted by Gasteiger charge is 2.17. The van der Waals surface area contributed by atoms with E-state index in [1.165, 1.54) is 37.7 Å². The monoisotopic (exact) mass is 302 g/mol. The molecule has 1 aromatic carbocycles. The molecule has 0 aliphatic heterocycles. The van der Waals surface area contributed by atoms with Crippen molar-refractivity contribution in [1.82, 2.24) is 0 Å². The number of hydrogen-bond acceptors (Lipinski definition) is 4. The topological polar surface area (TPSA) is 65.2 Å². The summed E-state index contributed by atoms with van der Waals surface area (Å²) in [6, 6.07) is 8.17. The van der Waals surface area contributed by atoms with Gasteiger partial charge in [0, 0.05) is 5.56 Å². The van der Waals surface area contributed by atoms with Gasteiger partial charge in [-0.15, -0.1) is 0 Å². The molecule has 1 aliphatic rings. The molecule has 0 atom stereocenters. The van der Waals surface area contributed by atoms with Crippen molar-refractivity contribution in [1.29, 1.82) is 0 Å². The molecule has 0 heterocycles. The maximum Gasteiger partial charge on any atom is 0.134 e. The summed E-state index contributed by atoms with van der Waals surface area (Å²) in [6.07, 6.45) is 9.01. The highest BCUT2D eigenvalue weighted by molar-refractivity contribution is 6.48. The summed E-state index contributed by atoms with van der Waals surface area (Å²) in [5, 5.41) is 25.1. The van der Waals surface area contributed by atoms with Crippen molar-refractivity contribution < 1.29 is 10.4 Å². The summed E-state index contributed by atoms with van der Waals surface area (Å²) in [5.41, 5.74) is 2.96. The quantitative estimate of drug-likeness (QED) is 0.444. The molecule has 4 heteroatoms. The Bertz CT molecular complexity index is 514. The van der Waals surface area contributed by atoms with Crippen LogP contribution in [0.4, 0.5) is 0 Å². The average molecular weight is 302 g/mol. The fraction of sp³-hybridized carbons (Fsp3) is 0.556. The molecule has 1 aliphatic carbocycles. The second-order valence-corrected chi connectivity index (χ2v) is 6.06. The fourth-order valence-corrected chi connectivity index (χ4v) is 3.19. The number of benzene rings is 1. The van der Waals surface area contributed by atoms with Crippen molar-refractivity contribution in [2.24, 2.45) is 10.3 Å². The molecule has 22 heavy (non-hydrogen) atoms. The molecule has 0 radical (unpaired) electrons. The molecule has 0 unspecified atom stereocenters. The molecule has 0 saturated heterocycles. The van der Waals surface area contributed by atoms with E-state index >= 15 is 0 Å². The number of hydrogen-bond donors (Lipinski definition) is 2. The molecule has 2 rings (SSSR count). The first-order valence-corrected chi connectivity index (χ1v) is 8.33. The second kappa shape index (κ2) is 8.57. The van der Waals surface area contributed by atoms with Gasteiger partial charge in [0.25, 0.3) is 0 Å². The number of rotatable bonds is 6. The Kier molecular flexibility index (Phi) is 6.44. The van der Waals surface area contributed by atoms with Crippen molar-refractivity contribution in [3.05, 3.63) is 35.4 Å². The Balaban J connectivity index is 2.13. The summed E-state index contributed by atoms with van der Waals surface area (Å²) in [5.74, 6) is 0.656. The lowest BCUT2D eigenvalue weighted by Gasteiger charge is -2.22. The van der Waals surface area contributed by atoms with Crippen LogP contribution in [0, 0.1) is 0 Å². The van der Waals surface area contributed by atoms with Crippen LogP contribution >= 0.6 is 0 Å². The molecule has 120 valence electrons. The highest BCUT2D eigenvalue weighted by atomic mass is 16.4. The van der Waals surface area contributed by atoms with Gasteiger partial charge in [0.1, 0.15) is 11.4 Å². The van der Waals surface area contributed by atoms with Crippen LogP contribution in [-0.4, -0.2) is 21.8 Å². The van der Waals surface area contributed by atoms with E-state index in [4.69, 9.17) is 5.21 Å². The molecule has 0 bridgehead atoms. The number of unbranched alkanes of at least 4 members (excludes halogenated alkanes) is 1. The molecular weight excluding hydrogens is 276 g/mol. The number of nitrogens with zero attached hydrogens (tertiary/aromatic N) is 2. The minimum absolute atomic E-state index is 0.367. The Hall–Kier alpha value is -1.84. The highest BCUT2D eigenvalue weighted by Crippen LogP contribution is 2.32. The summed E-state index contributed by atoms with van der Waals surface area (Å²) < 4.78 is 0. The van der Waals surface area contributed by atoms with Crippen molar-refractivity contribution in [2.75, 3.05) is 0 Å². The maximum absolute atomic E-state index is 9.29. The van der Waals surface area contributed by atoms with E-state index < -0.39 is 0 Å². The van der Waals surface area contributed by atoms with Crippen molar-refractivity contribution in [2.45, 2.75) is 64.2 Å². The Morgan fingerprint density at radius 1 is 1.05 bits per heavy atom. The first kappa shape index (κ1) is 16.5. The zero-order valence-corrected chi connectivity index (χ0v) is 13.3. The lowest BCUT2D eigenvalue weighted by Crippen LogP contribution is -2.16. The molecule has 4 nitrogen and oxygen atoms in total. The van der Waals surface area contributed by atoms with Gasteiger partial charge in [0.2, 0.25) is 0 Å². The minimum Gasteiger partial charge on any atom is -0.411 e. The molecule has 2 N–H and O–H groups in total. The van der Waals surface area contributed by atoms with Crippen LogP contribution in [0.1, 0.15) is 75.3 Å². The largest absolute Gasteiger partial charge is 0.411 e. The molecule has 0 aromatic heterocycles. The predicted octanol–water partition coefficient (Wildman–Crippen LogP) is 4.93. The van der Waals surface area contributed by atoms with E-state index in [0.717, 1.165) is 18.4 Å². The van der Waals surface area contributed by atoms with E-state index in [2.05, 4.69) is 29.4 Å². The normalized spacial score (nSPS) is 17.7. The first-order valence-electron chi connectivity index (χ1n) is 8.33. The van der Waals surface area contributed by atoms with Crippen LogP contribution in [0.25, 0.3) is 0 Å². The van der Waals surface area contributed by atoms with Crippen LogP contribution in [0.5, 0.6) is 0 Å². The lowest BCUT2D eigenvalue weighted by atomic mass is 9.83. The van der Waals surface area contributed by atoms with Gasteiger partial charge >= 0.3 is 0 Å². The third kappa shape index (κ3) is 4.09. The number of oxime groups is 2. The van der Waals surface area contributed by atoms with Crippen molar-refractivity contribution >= 4 is 11.4 Å². The summed E-state index contributed by atoms with van der Waals surface area (Å²) in [6.45, 7) is 2.07. The molecule has 1 fully saturated rings. The van der Waals surface area contributed by atoms with E-state index in [1.807, 2.05) is 12.1 Å². The summed E-state index contributed by atoms with van der Waals surface area (Å²) in [7, 11) is 0. The van der Waals surface area contributed by atoms with Crippen LogP contribution in [0.3, 0.4) is 0 Å². The molecule has 1 saturated carbocycles. The Labute approximate surface area is 132 Å². The van der Waals surface area contributed by atoms with Gasteiger partial charge in [0.15, 0.2) is 0 Å². The summed E-state index contributed by atoms with van der Waals surface area (Å²) in [4.78, 5) is 0. The van der Waals surface area contributed by atoms with Crippen LogP contribution < -0.4 is 0 Å². The van der Waals surface area contributed by atoms with Gasteiger partial charge in [-0.2, -0.15) is 0 Å². The fourth-order valence-electron chi connectivity index (χ4n) is 3.19. The van der Waals surface area contributed by atoms with E-state index in [1.54, 1.807) is 0 Å². The van der Waals surface area contributed by atoms with Gasteiger partial charge in [0.05, 0.1) is 0 Å². The zero-order chi connectivity index (χ0) is 15.8. The van der Waals surface area contributed by atoms with Crippen LogP contribution in [0.2, 0.25) is 0 Å². The third-order valence-corrected chi connectivity index (χ3v) is 4.52. The van der Waals surface area contributed by atoms with Gasteiger partial charge in [-0.25, -0.2) is 0 Å². The van der Waals surface area contributed by atoms with E-state index in [0.29, 0.717) is 23.8 Å². The second-order valence-electron chi connectivity index (χ2n) is 6.06. The smallest absolute Gasteiger partial charge is 0.134 e. The minimum atomic E-state index is 0.367. The maximum atomic E-state index is 9.29. The van der Waals surface area contributed by atoms with E-state index in [9.17, 15) is 5.21 Å². The zero-order valence-electron chi connectivity index (χ0n) is 13.3. The Morgan fingerprint density at radius 3 is 2.27 bits per heavy atom. The average Bonchev–Trinajstić information content (AvgIpc) is 2.59. The van der Waals surface area contributed by atoms with Crippen LogP contribution in [0.15, 0.2) is 34.6 Å². The van der Waals surface area contributed by atoms with Gasteiger partial charge in [-0.3, -0.25) is 0 Å².